The van der Waals surface area contributed by atoms with Crippen LogP contribution in [0.25, 0.3) is 0 Å². The molecule has 1 N–H and O–H groups in total. The number of rotatable bonds is 4. The van der Waals surface area contributed by atoms with Gasteiger partial charge in [-0.1, -0.05) is 54.1 Å². The van der Waals surface area contributed by atoms with Crippen LogP contribution in [0.5, 0.6) is 5.75 Å². The molecule has 0 bridgehead atoms. The minimum absolute atomic E-state index is 0.368. The van der Waals surface area contributed by atoms with Gasteiger partial charge < -0.3 is 14.7 Å². The fourth-order valence-corrected chi connectivity index (χ4v) is 3.66. The predicted octanol–water partition coefficient (Wildman–Crippen LogP) is 4.13. The maximum atomic E-state index is 13.4. The van der Waals surface area contributed by atoms with Crippen LogP contribution >= 0.6 is 11.6 Å². The van der Waals surface area contributed by atoms with Crippen molar-refractivity contribution in [1.29, 1.82) is 0 Å². The van der Waals surface area contributed by atoms with Crippen LogP contribution in [0.2, 0.25) is 5.02 Å². The Kier molecular flexibility index (Phi) is 4.38. The van der Waals surface area contributed by atoms with Gasteiger partial charge in [-0.25, -0.2) is 0 Å². The van der Waals surface area contributed by atoms with Crippen LogP contribution in [0.3, 0.4) is 0 Å². The molecule has 0 spiro atoms. The summed E-state index contributed by atoms with van der Waals surface area (Å²) in [7, 11) is 1.57. The summed E-state index contributed by atoms with van der Waals surface area (Å²) in [5, 5.41) is 12.0. The Balaban J connectivity index is 1.83. The summed E-state index contributed by atoms with van der Waals surface area (Å²) < 4.78 is 5.18. The number of carbonyl (C=O) groups excluding carboxylic acids is 1. The number of ether oxygens (including phenoxy) is 1. The number of hydrogen-bond acceptors (Lipinski definition) is 3. The molecule has 1 aliphatic rings. The molecule has 1 heterocycles. The van der Waals surface area contributed by atoms with E-state index in [1.54, 1.807) is 54.5 Å². The number of methoxy groups -OCH3 is 1. The molecule has 1 amide bonds. The summed E-state index contributed by atoms with van der Waals surface area (Å²) in [5.41, 5.74) is 0.812. The maximum Gasteiger partial charge on any atom is 0.268 e. The molecule has 0 fully saturated rings. The lowest BCUT2D eigenvalue weighted by atomic mass is 9.87. The molecule has 27 heavy (non-hydrogen) atoms. The van der Waals surface area contributed by atoms with E-state index in [4.69, 9.17) is 16.3 Å². The number of fused-ring (bicyclic) bond motifs is 1. The van der Waals surface area contributed by atoms with E-state index in [0.29, 0.717) is 34.1 Å². The molecule has 0 saturated heterocycles. The van der Waals surface area contributed by atoms with Crippen molar-refractivity contribution in [2.24, 2.45) is 0 Å². The number of anilines is 1. The van der Waals surface area contributed by atoms with E-state index in [9.17, 15) is 9.90 Å². The lowest BCUT2D eigenvalue weighted by Crippen LogP contribution is -2.40. The molecule has 5 heteroatoms. The number of aliphatic hydroxyl groups is 1. The summed E-state index contributed by atoms with van der Waals surface area (Å²) in [6.07, 6.45) is 0. The number of halogens is 1. The van der Waals surface area contributed by atoms with Crippen LogP contribution < -0.4 is 9.64 Å². The van der Waals surface area contributed by atoms with Crippen molar-refractivity contribution in [2.45, 2.75) is 12.1 Å². The second kappa shape index (κ2) is 6.72. The van der Waals surface area contributed by atoms with Gasteiger partial charge in [0.2, 0.25) is 0 Å². The molecular formula is C22H18ClNO3. The van der Waals surface area contributed by atoms with E-state index in [-0.39, 0.29) is 0 Å². The highest BCUT2D eigenvalue weighted by atomic mass is 35.5. The SMILES string of the molecule is COc1ccc([C@@]2(O)C(=O)N(Cc3ccccc3)c3ccc(Cl)cc32)cc1. The van der Waals surface area contributed by atoms with Gasteiger partial charge in [0.1, 0.15) is 5.75 Å². The van der Waals surface area contributed by atoms with Crippen molar-refractivity contribution >= 4 is 23.2 Å². The average molecular weight is 380 g/mol. The van der Waals surface area contributed by atoms with E-state index in [0.717, 1.165) is 5.56 Å². The van der Waals surface area contributed by atoms with E-state index in [2.05, 4.69) is 0 Å². The quantitative estimate of drug-likeness (QED) is 0.741. The highest BCUT2D eigenvalue weighted by Gasteiger charge is 2.51. The molecule has 1 atom stereocenters. The van der Waals surface area contributed by atoms with Gasteiger partial charge in [-0.05, 0) is 41.5 Å². The van der Waals surface area contributed by atoms with Gasteiger partial charge in [0.25, 0.3) is 5.91 Å². The Morgan fingerprint density at radius 3 is 2.41 bits per heavy atom. The van der Waals surface area contributed by atoms with Gasteiger partial charge in [-0.15, -0.1) is 0 Å². The second-order valence-corrected chi connectivity index (χ2v) is 6.91. The zero-order valence-electron chi connectivity index (χ0n) is 14.7. The minimum Gasteiger partial charge on any atom is -0.497 e. The second-order valence-electron chi connectivity index (χ2n) is 6.48. The zero-order valence-corrected chi connectivity index (χ0v) is 15.5. The van der Waals surface area contributed by atoms with Crippen molar-refractivity contribution in [3.8, 4) is 5.75 Å². The molecule has 0 aliphatic carbocycles. The molecule has 3 aromatic carbocycles. The normalized spacial score (nSPS) is 18.5. The molecule has 0 saturated carbocycles. The molecule has 3 aromatic rings. The topological polar surface area (TPSA) is 49.8 Å². The minimum atomic E-state index is -1.79. The van der Waals surface area contributed by atoms with Gasteiger partial charge in [-0.3, -0.25) is 4.79 Å². The van der Waals surface area contributed by atoms with E-state index >= 15 is 0 Å². The largest absolute Gasteiger partial charge is 0.497 e. The monoisotopic (exact) mass is 379 g/mol. The van der Waals surface area contributed by atoms with Crippen LogP contribution in [0.4, 0.5) is 5.69 Å². The van der Waals surface area contributed by atoms with Crippen molar-refractivity contribution in [3.63, 3.8) is 0 Å². The van der Waals surface area contributed by atoms with Gasteiger partial charge in [0.05, 0.1) is 19.3 Å². The number of benzene rings is 3. The maximum absolute atomic E-state index is 13.4. The molecule has 0 aromatic heterocycles. The summed E-state index contributed by atoms with van der Waals surface area (Å²) >= 11 is 6.18. The molecular weight excluding hydrogens is 362 g/mol. The third-order valence-corrected chi connectivity index (χ3v) is 5.12. The Morgan fingerprint density at radius 2 is 1.74 bits per heavy atom. The number of amides is 1. The van der Waals surface area contributed by atoms with Gasteiger partial charge in [-0.2, -0.15) is 0 Å². The van der Waals surface area contributed by atoms with E-state index in [1.807, 2.05) is 30.3 Å². The first-order chi connectivity index (χ1) is 13.0. The lowest BCUT2D eigenvalue weighted by molar-refractivity contribution is -0.132. The smallest absolute Gasteiger partial charge is 0.268 e. The molecule has 136 valence electrons. The van der Waals surface area contributed by atoms with E-state index < -0.39 is 11.5 Å². The fourth-order valence-electron chi connectivity index (χ4n) is 3.49. The summed E-state index contributed by atoms with van der Waals surface area (Å²) in [5.74, 6) is 0.258. The van der Waals surface area contributed by atoms with Crippen LogP contribution in [0.1, 0.15) is 16.7 Å². The van der Waals surface area contributed by atoms with Gasteiger partial charge >= 0.3 is 0 Å². The van der Waals surface area contributed by atoms with Crippen LogP contribution in [-0.2, 0) is 16.9 Å². The van der Waals surface area contributed by atoms with Crippen molar-refractivity contribution in [2.75, 3.05) is 12.0 Å². The standard InChI is InChI=1S/C22H18ClNO3/c1-27-18-10-7-16(8-11-18)22(26)19-13-17(23)9-12-20(19)24(21(22)25)14-15-5-3-2-4-6-15/h2-13,26H,14H2,1H3/t22-/m0/s1. The Labute approximate surface area is 162 Å². The predicted molar refractivity (Wildman–Crippen MR) is 105 cm³/mol. The Hall–Kier alpha value is -2.82. The summed E-state index contributed by atoms with van der Waals surface area (Å²) in [6, 6.07) is 21.7. The van der Waals surface area contributed by atoms with Crippen molar-refractivity contribution < 1.29 is 14.6 Å². The first kappa shape index (κ1) is 17.6. The number of nitrogens with zero attached hydrogens (tertiary/aromatic N) is 1. The lowest BCUT2D eigenvalue weighted by Gasteiger charge is -2.24. The summed E-state index contributed by atoms with van der Waals surface area (Å²) in [4.78, 5) is 15.0. The van der Waals surface area contributed by atoms with Gasteiger partial charge in [0, 0.05) is 10.6 Å². The molecule has 0 unspecified atom stereocenters. The summed E-state index contributed by atoms with van der Waals surface area (Å²) in [6.45, 7) is 0.368. The van der Waals surface area contributed by atoms with Crippen molar-refractivity contribution in [1.82, 2.24) is 0 Å². The number of hydrogen-bond donors (Lipinski definition) is 1. The third-order valence-electron chi connectivity index (χ3n) is 4.89. The van der Waals surface area contributed by atoms with Gasteiger partial charge in [0.15, 0.2) is 5.60 Å². The molecule has 4 rings (SSSR count). The van der Waals surface area contributed by atoms with Crippen LogP contribution in [-0.4, -0.2) is 18.1 Å². The van der Waals surface area contributed by atoms with E-state index in [1.165, 1.54) is 0 Å². The zero-order chi connectivity index (χ0) is 19.0. The van der Waals surface area contributed by atoms with Crippen LogP contribution in [0, 0.1) is 0 Å². The van der Waals surface area contributed by atoms with Crippen molar-refractivity contribution in [3.05, 3.63) is 94.5 Å². The third kappa shape index (κ3) is 2.87. The molecule has 1 aliphatic heterocycles. The number of carbonyl (C=O) groups is 1. The first-order valence-electron chi connectivity index (χ1n) is 8.57. The Bertz CT molecular complexity index is 988. The highest BCUT2D eigenvalue weighted by Crippen LogP contribution is 2.46. The first-order valence-corrected chi connectivity index (χ1v) is 8.94. The molecule has 0 radical (unpaired) electrons. The average Bonchev–Trinajstić information content (AvgIpc) is 2.91. The fraction of sp³-hybridized carbons (Fsp3) is 0.136. The molecule has 4 nitrogen and oxygen atoms in total. The van der Waals surface area contributed by atoms with Crippen LogP contribution in [0.15, 0.2) is 72.8 Å². The highest BCUT2D eigenvalue weighted by molar-refractivity contribution is 6.31. The Morgan fingerprint density at radius 1 is 1.04 bits per heavy atom.